The molecule has 6 nitrogen and oxygen atoms in total. The lowest BCUT2D eigenvalue weighted by atomic mass is 10.6. The van der Waals surface area contributed by atoms with Gasteiger partial charge in [-0.2, -0.15) is 0 Å². The summed E-state index contributed by atoms with van der Waals surface area (Å²) in [4.78, 5) is 21.8. The van der Waals surface area contributed by atoms with Crippen molar-refractivity contribution < 1.29 is 0 Å². The van der Waals surface area contributed by atoms with E-state index < -0.39 is 0 Å². The van der Waals surface area contributed by atoms with E-state index in [1.54, 1.807) is 31.0 Å². The molecule has 3 aromatic heterocycles. The van der Waals surface area contributed by atoms with E-state index >= 15 is 0 Å². The van der Waals surface area contributed by atoms with Crippen molar-refractivity contribution in [2.24, 2.45) is 0 Å². The number of aromatic amines is 1. The maximum absolute atomic E-state index is 3.94. The number of nitrogens with one attached hydrogen (secondary N) is 1. The Kier molecular flexibility index (Phi) is 2.91. The molecule has 0 saturated heterocycles. The maximum atomic E-state index is 3.94. The van der Waals surface area contributed by atoms with E-state index in [4.69, 9.17) is 0 Å². The second-order valence-corrected chi connectivity index (χ2v) is 2.56. The Bertz CT molecular complexity index is 449. The third-order valence-electron chi connectivity index (χ3n) is 1.58. The Morgan fingerprint density at radius 3 is 2.40 bits per heavy atom. The van der Waals surface area contributed by atoms with Gasteiger partial charge in [-0.3, -0.25) is 0 Å². The van der Waals surface area contributed by atoms with Crippen molar-refractivity contribution >= 4 is 11.2 Å². The van der Waals surface area contributed by atoms with E-state index in [9.17, 15) is 0 Å². The number of rotatable bonds is 0. The fourth-order valence-corrected chi connectivity index (χ4v) is 0.944. The summed E-state index contributed by atoms with van der Waals surface area (Å²) in [7, 11) is 0. The van der Waals surface area contributed by atoms with Crippen molar-refractivity contribution in [1.82, 2.24) is 29.9 Å². The van der Waals surface area contributed by atoms with Gasteiger partial charge in [-0.15, -0.1) is 0 Å². The largest absolute Gasteiger partial charge is 0.329 e. The van der Waals surface area contributed by atoms with Crippen molar-refractivity contribution in [3.63, 3.8) is 0 Å². The second kappa shape index (κ2) is 4.75. The van der Waals surface area contributed by atoms with E-state index in [1.807, 2.05) is 0 Å². The predicted octanol–water partition coefficient (Wildman–Crippen LogP) is 0.829. The quantitative estimate of drug-likeness (QED) is 0.581. The normalized spacial score (nSPS) is 9.33. The summed E-state index contributed by atoms with van der Waals surface area (Å²) in [5.41, 5.74) is 1.59. The van der Waals surface area contributed by atoms with Crippen LogP contribution in [-0.2, 0) is 0 Å². The molecule has 0 aliphatic heterocycles. The molecule has 3 aromatic rings. The van der Waals surface area contributed by atoms with Gasteiger partial charge < -0.3 is 4.98 Å². The van der Waals surface area contributed by atoms with Crippen LogP contribution in [0.4, 0.5) is 0 Å². The SMILES string of the molecule is c1cncnc1.c1ncc2nc[nH]c2n1. The zero-order valence-electron chi connectivity index (χ0n) is 7.78. The molecule has 0 spiro atoms. The highest BCUT2D eigenvalue weighted by Crippen LogP contribution is 1.99. The molecular weight excluding hydrogens is 192 g/mol. The zero-order valence-corrected chi connectivity index (χ0v) is 7.78. The lowest BCUT2D eigenvalue weighted by Gasteiger charge is -1.80. The van der Waals surface area contributed by atoms with Gasteiger partial charge in [-0.1, -0.05) is 0 Å². The lowest BCUT2D eigenvalue weighted by molar-refractivity contribution is 1.17. The van der Waals surface area contributed by atoms with Crippen LogP contribution in [-0.4, -0.2) is 29.9 Å². The van der Waals surface area contributed by atoms with Crippen LogP contribution in [0.3, 0.4) is 0 Å². The topological polar surface area (TPSA) is 80.2 Å². The second-order valence-electron chi connectivity index (χ2n) is 2.56. The zero-order chi connectivity index (χ0) is 10.3. The summed E-state index contributed by atoms with van der Waals surface area (Å²) in [5.74, 6) is 0. The fourth-order valence-electron chi connectivity index (χ4n) is 0.944. The molecule has 74 valence electrons. The van der Waals surface area contributed by atoms with Gasteiger partial charge in [-0.25, -0.2) is 24.9 Å². The molecule has 0 aliphatic rings. The Hall–Kier alpha value is -2.37. The van der Waals surface area contributed by atoms with Crippen LogP contribution in [0, 0.1) is 0 Å². The van der Waals surface area contributed by atoms with E-state index in [-0.39, 0.29) is 0 Å². The van der Waals surface area contributed by atoms with Gasteiger partial charge >= 0.3 is 0 Å². The number of hydrogen-bond acceptors (Lipinski definition) is 5. The minimum atomic E-state index is 0.782. The highest BCUT2D eigenvalue weighted by Gasteiger charge is 1.91. The minimum Gasteiger partial charge on any atom is -0.329 e. The molecule has 0 bridgehead atoms. The molecule has 0 radical (unpaired) electrons. The Balaban J connectivity index is 0.000000124. The molecule has 0 aliphatic carbocycles. The predicted molar refractivity (Wildman–Crippen MR) is 53.7 cm³/mol. The van der Waals surface area contributed by atoms with Gasteiger partial charge in [0.2, 0.25) is 0 Å². The average molecular weight is 200 g/mol. The Morgan fingerprint density at radius 1 is 0.933 bits per heavy atom. The molecule has 0 saturated carbocycles. The Labute approximate surface area is 85.5 Å². The van der Waals surface area contributed by atoms with Crippen molar-refractivity contribution in [3.8, 4) is 0 Å². The van der Waals surface area contributed by atoms with Gasteiger partial charge in [0.15, 0.2) is 5.65 Å². The van der Waals surface area contributed by atoms with Crippen LogP contribution in [0.2, 0.25) is 0 Å². The van der Waals surface area contributed by atoms with Crippen molar-refractivity contribution in [3.05, 3.63) is 43.6 Å². The minimum absolute atomic E-state index is 0.782. The molecule has 15 heavy (non-hydrogen) atoms. The van der Waals surface area contributed by atoms with Gasteiger partial charge in [0.1, 0.15) is 18.2 Å². The maximum Gasteiger partial charge on any atom is 0.160 e. The molecular formula is C9H8N6. The van der Waals surface area contributed by atoms with Crippen molar-refractivity contribution in [2.75, 3.05) is 0 Å². The molecule has 3 heterocycles. The van der Waals surface area contributed by atoms with Crippen molar-refractivity contribution in [2.45, 2.75) is 0 Å². The van der Waals surface area contributed by atoms with Crippen LogP contribution in [0.5, 0.6) is 0 Å². The molecule has 0 aromatic carbocycles. The van der Waals surface area contributed by atoms with E-state index in [0.29, 0.717) is 0 Å². The first-order valence-electron chi connectivity index (χ1n) is 4.26. The smallest absolute Gasteiger partial charge is 0.160 e. The summed E-state index contributed by atoms with van der Waals surface area (Å²) in [6, 6.07) is 1.78. The standard InChI is InChI=1S/C5H4N4.C4H4N2/c1-4-5(8-2-6-1)9-3-7-4;1-2-5-4-6-3-1/h1-3H,(H,6,7,8,9);1-4H. The Morgan fingerprint density at radius 2 is 1.80 bits per heavy atom. The number of imidazole rings is 1. The molecule has 0 amide bonds. The summed E-state index contributed by atoms with van der Waals surface area (Å²) in [5, 5.41) is 0. The van der Waals surface area contributed by atoms with E-state index in [0.717, 1.165) is 11.2 Å². The number of H-pyrrole nitrogens is 1. The van der Waals surface area contributed by atoms with Gasteiger partial charge in [-0.05, 0) is 6.07 Å². The molecule has 6 heteroatoms. The molecule has 3 rings (SSSR count). The summed E-state index contributed by atoms with van der Waals surface area (Å²) in [6.45, 7) is 0. The van der Waals surface area contributed by atoms with Crippen LogP contribution in [0.1, 0.15) is 0 Å². The third-order valence-corrected chi connectivity index (χ3v) is 1.58. The summed E-state index contributed by atoms with van der Waals surface area (Å²) in [6.07, 6.45) is 9.62. The highest BCUT2D eigenvalue weighted by atomic mass is 15.0. The molecule has 0 atom stereocenters. The van der Waals surface area contributed by atoms with Gasteiger partial charge in [0.25, 0.3) is 0 Å². The van der Waals surface area contributed by atoms with Crippen LogP contribution in [0.25, 0.3) is 11.2 Å². The van der Waals surface area contributed by atoms with Crippen molar-refractivity contribution in [1.29, 1.82) is 0 Å². The first kappa shape index (κ1) is 9.20. The first-order chi connectivity index (χ1) is 7.47. The monoisotopic (exact) mass is 200 g/mol. The number of nitrogens with zero attached hydrogens (tertiary/aromatic N) is 5. The van der Waals surface area contributed by atoms with Gasteiger partial charge in [0, 0.05) is 12.4 Å². The van der Waals surface area contributed by atoms with Crippen LogP contribution < -0.4 is 0 Å². The number of fused-ring (bicyclic) bond motifs is 1. The lowest BCUT2D eigenvalue weighted by Crippen LogP contribution is -1.76. The van der Waals surface area contributed by atoms with E-state index in [1.165, 1.54) is 12.7 Å². The summed E-state index contributed by atoms with van der Waals surface area (Å²) >= 11 is 0. The average Bonchev–Trinajstić information content (AvgIpc) is 2.80. The first-order valence-corrected chi connectivity index (χ1v) is 4.26. The van der Waals surface area contributed by atoms with Crippen LogP contribution >= 0.6 is 0 Å². The third kappa shape index (κ3) is 2.53. The summed E-state index contributed by atoms with van der Waals surface area (Å²) < 4.78 is 0. The molecule has 0 unspecified atom stereocenters. The number of hydrogen-bond donors (Lipinski definition) is 1. The highest BCUT2D eigenvalue weighted by molar-refractivity contribution is 5.67. The van der Waals surface area contributed by atoms with Crippen LogP contribution in [0.15, 0.2) is 43.6 Å². The van der Waals surface area contributed by atoms with E-state index in [2.05, 4.69) is 29.9 Å². The van der Waals surface area contributed by atoms with Gasteiger partial charge in [0.05, 0.1) is 12.5 Å². The fraction of sp³-hybridized carbons (Fsp3) is 0. The molecule has 0 fully saturated rings. The number of aromatic nitrogens is 6. The molecule has 1 N–H and O–H groups in total.